The number of benzene rings is 1. The zero-order valence-corrected chi connectivity index (χ0v) is 9.82. The average molecular weight is 272 g/mol. The lowest BCUT2D eigenvalue weighted by Crippen LogP contribution is -1.83. The van der Waals surface area contributed by atoms with Crippen molar-refractivity contribution in [2.24, 2.45) is 0 Å². The van der Waals surface area contributed by atoms with E-state index in [-0.39, 0.29) is 5.82 Å². The van der Waals surface area contributed by atoms with Crippen molar-refractivity contribution in [2.45, 2.75) is 6.92 Å². The Bertz CT molecular complexity index is 467. The van der Waals surface area contributed by atoms with Crippen LogP contribution in [0.3, 0.4) is 0 Å². The molecule has 4 heteroatoms. The first kappa shape index (κ1) is 9.80. The predicted molar refractivity (Wildman–Crippen MR) is 59.9 cm³/mol. The molecule has 0 saturated heterocycles. The zero-order chi connectivity index (χ0) is 10.1. The molecule has 0 atom stereocenters. The first-order valence-electron chi connectivity index (χ1n) is 4.04. The van der Waals surface area contributed by atoms with E-state index in [0.29, 0.717) is 0 Å². The van der Waals surface area contributed by atoms with Crippen molar-refractivity contribution in [3.05, 3.63) is 39.6 Å². The van der Waals surface area contributed by atoms with E-state index >= 15 is 0 Å². The minimum atomic E-state index is -0.207. The van der Waals surface area contributed by atoms with Gasteiger partial charge in [-0.15, -0.1) is 11.3 Å². The molecule has 14 heavy (non-hydrogen) atoms. The lowest BCUT2D eigenvalue weighted by Gasteiger charge is -2.00. The van der Waals surface area contributed by atoms with Crippen LogP contribution in [0.5, 0.6) is 0 Å². The number of hydrogen-bond acceptors (Lipinski definition) is 2. The maximum absolute atomic E-state index is 12.8. The highest BCUT2D eigenvalue weighted by atomic mass is 79.9. The van der Waals surface area contributed by atoms with Crippen molar-refractivity contribution in [1.82, 2.24) is 4.98 Å². The third-order valence-electron chi connectivity index (χ3n) is 1.90. The van der Waals surface area contributed by atoms with Crippen LogP contribution >= 0.6 is 27.3 Å². The summed E-state index contributed by atoms with van der Waals surface area (Å²) < 4.78 is 13.8. The van der Waals surface area contributed by atoms with Crippen molar-refractivity contribution in [3.63, 3.8) is 0 Å². The summed E-state index contributed by atoms with van der Waals surface area (Å²) in [5.74, 6) is -0.207. The molecule has 1 heterocycles. The second-order valence-corrected chi connectivity index (χ2v) is 5.34. The van der Waals surface area contributed by atoms with Crippen molar-refractivity contribution in [3.8, 4) is 10.6 Å². The van der Waals surface area contributed by atoms with Gasteiger partial charge < -0.3 is 0 Å². The summed E-state index contributed by atoms with van der Waals surface area (Å²) in [6, 6.07) is 4.73. The standard InChI is InChI=1S/C10H7BrFNS/c1-6-4-7(12)2-3-8(6)10-13-5-9(11)14-10/h2-5H,1H3. The molecule has 0 N–H and O–H groups in total. The monoisotopic (exact) mass is 271 g/mol. The smallest absolute Gasteiger partial charge is 0.124 e. The maximum atomic E-state index is 12.8. The molecule has 0 bridgehead atoms. The van der Waals surface area contributed by atoms with Gasteiger partial charge in [-0.3, -0.25) is 0 Å². The topological polar surface area (TPSA) is 12.9 Å². The van der Waals surface area contributed by atoms with Crippen molar-refractivity contribution in [1.29, 1.82) is 0 Å². The Morgan fingerprint density at radius 3 is 2.79 bits per heavy atom. The molecular formula is C10H7BrFNS. The van der Waals surface area contributed by atoms with Crippen LogP contribution in [-0.2, 0) is 0 Å². The number of nitrogens with zero attached hydrogens (tertiary/aromatic N) is 1. The van der Waals surface area contributed by atoms with Crippen LogP contribution in [-0.4, -0.2) is 4.98 Å². The summed E-state index contributed by atoms with van der Waals surface area (Å²) in [6.07, 6.45) is 1.75. The number of hydrogen-bond donors (Lipinski definition) is 0. The van der Waals surface area contributed by atoms with Crippen LogP contribution in [0.2, 0.25) is 0 Å². The molecule has 0 saturated carbocycles. The summed E-state index contributed by atoms with van der Waals surface area (Å²) in [7, 11) is 0. The Balaban J connectivity index is 2.52. The lowest BCUT2D eigenvalue weighted by atomic mass is 10.1. The van der Waals surface area contributed by atoms with Crippen molar-refractivity contribution in [2.75, 3.05) is 0 Å². The molecule has 0 amide bonds. The summed E-state index contributed by atoms with van der Waals surface area (Å²) in [5, 5.41) is 0.911. The Morgan fingerprint density at radius 1 is 1.43 bits per heavy atom. The molecule has 2 rings (SSSR count). The van der Waals surface area contributed by atoms with Gasteiger partial charge in [0.05, 0.1) is 9.98 Å². The molecule has 2 aromatic rings. The fraction of sp³-hybridized carbons (Fsp3) is 0.100. The molecule has 0 unspecified atom stereocenters. The molecule has 1 aromatic heterocycles. The van der Waals surface area contributed by atoms with Crippen LogP contribution in [0.4, 0.5) is 4.39 Å². The van der Waals surface area contributed by atoms with E-state index in [1.807, 2.05) is 6.92 Å². The number of aromatic nitrogens is 1. The van der Waals surface area contributed by atoms with E-state index in [9.17, 15) is 4.39 Å². The van der Waals surface area contributed by atoms with E-state index in [1.165, 1.54) is 12.1 Å². The number of halogens is 2. The highest BCUT2D eigenvalue weighted by Gasteiger charge is 2.06. The largest absolute Gasteiger partial charge is 0.243 e. The number of aryl methyl sites for hydroxylation is 1. The summed E-state index contributed by atoms with van der Waals surface area (Å²) in [4.78, 5) is 4.23. The fourth-order valence-electron chi connectivity index (χ4n) is 1.25. The molecular weight excluding hydrogens is 265 g/mol. The molecule has 72 valence electrons. The van der Waals surface area contributed by atoms with Crippen LogP contribution in [0.15, 0.2) is 28.2 Å². The van der Waals surface area contributed by atoms with Gasteiger partial charge in [-0.05, 0) is 46.6 Å². The van der Waals surface area contributed by atoms with Gasteiger partial charge >= 0.3 is 0 Å². The van der Waals surface area contributed by atoms with Gasteiger partial charge in [0, 0.05) is 5.56 Å². The highest BCUT2D eigenvalue weighted by molar-refractivity contribution is 9.11. The minimum Gasteiger partial charge on any atom is -0.243 e. The average Bonchev–Trinajstić information content (AvgIpc) is 2.51. The summed E-state index contributed by atoms with van der Waals surface area (Å²) in [6.45, 7) is 1.88. The summed E-state index contributed by atoms with van der Waals surface area (Å²) in [5.41, 5.74) is 1.90. The first-order chi connectivity index (χ1) is 6.66. The van der Waals surface area contributed by atoms with Gasteiger partial charge in [0.25, 0.3) is 0 Å². The minimum absolute atomic E-state index is 0.207. The fourth-order valence-corrected chi connectivity index (χ4v) is 2.54. The third kappa shape index (κ3) is 1.86. The number of rotatable bonds is 1. The number of thiazole rings is 1. The van der Waals surface area contributed by atoms with Crippen LogP contribution in [0.25, 0.3) is 10.6 Å². The van der Waals surface area contributed by atoms with E-state index in [1.54, 1.807) is 23.6 Å². The molecule has 0 fully saturated rings. The van der Waals surface area contributed by atoms with Crippen LogP contribution in [0.1, 0.15) is 5.56 Å². The van der Waals surface area contributed by atoms with Gasteiger partial charge in [0.15, 0.2) is 0 Å². The first-order valence-corrected chi connectivity index (χ1v) is 5.65. The zero-order valence-electron chi connectivity index (χ0n) is 7.42. The van der Waals surface area contributed by atoms with Gasteiger partial charge in [-0.1, -0.05) is 0 Å². The van der Waals surface area contributed by atoms with E-state index < -0.39 is 0 Å². The van der Waals surface area contributed by atoms with Gasteiger partial charge in [-0.25, -0.2) is 9.37 Å². The molecule has 0 aliphatic heterocycles. The van der Waals surface area contributed by atoms with Gasteiger partial charge in [-0.2, -0.15) is 0 Å². The van der Waals surface area contributed by atoms with E-state index in [0.717, 1.165) is 19.9 Å². The van der Waals surface area contributed by atoms with E-state index in [4.69, 9.17) is 0 Å². The maximum Gasteiger partial charge on any atom is 0.124 e. The van der Waals surface area contributed by atoms with Gasteiger partial charge in [0.2, 0.25) is 0 Å². The van der Waals surface area contributed by atoms with Crippen LogP contribution < -0.4 is 0 Å². The third-order valence-corrected chi connectivity index (χ3v) is 3.41. The second-order valence-electron chi connectivity index (χ2n) is 2.93. The van der Waals surface area contributed by atoms with Crippen molar-refractivity contribution >= 4 is 27.3 Å². The van der Waals surface area contributed by atoms with Crippen LogP contribution in [0, 0.1) is 12.7 Å². The molecule has 1 nitrogen and oxygen atoms in total. The second kappa shape index (κ2) is 3.79. The lowest BCUT2D eigenvalue weighted by molar-refractivity contribution is 0.627. The predicted octanol–water partition coefficient (Wildman–Crippen LogP) is 4.02. The Labute approximate surface area is 93.7 Å². The highest BCUT2D eigenvalue weighted by Crippen LogP contribution is 2.30. The molecule has 0 aliphatic rings. The SMILES string of the molecule is Cc1cc(F)ccc1-c1ncc(Br)s1. The molecule has 0 aliphatic carbocycles. The Morgan fingerprint density at radius 2 is 2.21 bits per heavy atom. The Kier molecular flexibility index (Phi) is 2.65. The Hall–Kier alpha value is -0.740. The molecule has 1 aromatic carbocycles. The van der Waals surface area contributed by atoms with Gasteiger partial charge in [0.1, 0.15) is 10.8 Å². The van der Waals surface area contributed by atoms with Crippen molar-refractivity contribution < 1.29 is 4.39 Å². The molecule has 0 spiro atoms. The molecule has 0 radical (unpaired) electrons. The quantitative estimate of drug-likeness (QED) is 0.764. The normalized spacial score (nSPS) is 10.5. The summed E-state index contributed by atoms with van der Waals surface area (Å²) >= 11 is 4.89. The van der Waals surface area contributed by atoms with E-state index in [2.05, 4.69) is 20.9 Å².